The first-order valence-electron chi connectivity index (χ1n) is 6.30. The molecule has 0 saturated carbocycles. The maximum atomic E-state index is 12.2. The second-order valence-electron chi connectivity index (χ2n) is 4.67. The van der Waals surface area contributed by atoms with Gasteiger partial charge in [0.1, 0.15) is 0 Å². The predicted octanol–water partition coefficient (Wildman–Crippen LogP) is 3.08. The highest BCUT2D eigenvalue weighted by Crippen LogP contribution is 2.13. The van der Waals surface area contributed by atoms with Crippen molar-refractivity contribution < 1.29 is 4.79 Å². The van der Waals surface area contributed by atoms with Crippen molar-refractivity contribution in [3.8, 4) is 0 Å². The van der Waals surface area contributed by atoms with Crippen molar-refractivity contribution in [1.82, 2.24) is 0 Å². The third-order valence-electron chi connectivity index (χ3n) is 2.84. The Kier molecular flexibility index (Phi) is 4.48. The van der Waals surface area contributed by atoms with Crippen LogP contribution in [0.4, 0.5) is 5.69 Å². The summed E-state index contributed by atoms with van der Waals surface area (Å²) in [7, 11) is 0. The zero-order valence-corrected chi connectivity index (χ0v) is 12.0. The van der Waals surface area contributed by atoms with Crippen LogP contribution in [0.1, 0.15) is 21.5 Å². The van der Waals surface area contributed by atoms with Gasteiger partial charge in [-0.15, -0.1) is 0 Å². The number of benzene rings is 2. The SMILES string of the molecule is Cc1cccc(NC(=O)c2cccc(CC(N)=S)c2)c1. The second kappa shape index (κ2) is 6.30. The van der Waals surface area contributed by atoms with E-state index in [9.17, 15) is 4.79 Å². The summed E-state index contributed by atoms with van der Waals surface area (Å²) in [5, 5.41) is 2.88. The van der Waals surface area contributed by atoms with E-state index in [-0.39, 0.29) is 5.91 Å². The van der Waals surface area contributed by atoms with Crippen LogP contribution in [0.25, 0.3) is 0 Å². The van der Waals surface area contributed by atoms with Gasteiger partial charge in [-0.1, -0.05) is 36.5 Å². The summed E-state index contributed by atoms with van der Waals surface area (Å²) in [5.41, 5.74) is 8.95. The van der Waals surface area contributed by atoms with E-state index in [1.165, 1.54) is 0 Å². The predicted molar refractivity (Wildman–Crippen MR) is 86.1 cm³/mol. The van der Waals surface area contributed by atoms with Crippen molar-refractivity contribution in [2.75, 3.05) is 5.32 Å². The maximum absolute atomic E-state index is 12.2. The van der Waals surface area contributed by atoms with Gasteiger partial charge in [0.05, 0.1) is 4.99 Å². The molecule has 0 aliphatic rings. The summed E-state index contributed by atoms with van der Waals surface area (Å²) >= 11 is 4.88. The highest BCUT2D eigenvalue weighted by Gasteiger charge is 2.07. The number of hydrogen-bond acceptors (Lipinski definition) is 2. The quantitative estimate of drug-likeness (QED) is 0.848. The second-order valence-corrected chi connectivity index (χ2v) is 5.19. The van der Waals surface area contributed by atoms with Crippen LogP contribution in [0.2, 0.25) is 0 Å². The normalized spacial score (nSPS) is 10.1. The molecule has 0 aliphatic carbocycles. The Hall–Kier alpha value is -2.20. The van der Waals surface area contributed by atoms with E-state index in [1.807, 2.05) is 49.4 Å². The molecule has 20 heavy (non-hydrogen) atoms. The largest absolute Gasteiger partial charge is 0.393 e. The van der Waals surface area contributed by atoms with Gasteiger partial charge < -0.3 is 11.1 Å². The lowest BCUT2D eigenvalue weighted by atomic mass is 10.1. The van der Waals surface area contributed by atoms with Crippen LogP contribution in [0.3, 0.4) is 0 Å². The van der Waals surface area contributed by atoms with Crippen molar-refractivity contribution in [1.29, 1.82) is 0 Å². The molecule has 102 valence electrons. The molecule has 4 heteroatoms. The van der Waals surface area contributed by atoms with Gasteiger partial charge in [-0.25, -0.2) is 0 Å². The van der Waals surface area contributed by atoms with E-state index in [2.05, 4.69) is 5.32 Å². The van der Waals surface area contributed by atoms with E-state index < -0.39 is 0 Å². The first kappa shape index (κ1) is 14.2. The summed E-state index contributed by atoms with van der Waals surface area (Å²) in [6.45, 7) is 1.98. The fourth-order valence-electron chi connectivity index (χ4n) is 1.95. The fraction of sp³-hybridized carbons (Fsp3) is 0.125. The van der Waals surface area contributed by atoms with Crippen LogP contribution in [-0.4, -0.2) is 10.9 Å². The number of nitrogens with one attached hydrogen (secondary N) is 1. The molecule has 3 N–H and O–H groups in total. The van der Waals surface area contributed by atoms with E-state index in [0.717, 1.165) is 16.8 Å². The topological polar surface area (TPSA) is 55.1 Å². The van der Waals surface area contributed by atoms with Crippen LogP contribution in [-0.2, 0) is 6.42 Å². The molecule has 1 amide bonds. The lowest BCUT2D eigenvalue weighted by Crippen LogP contribution is -2.14. The Morgan fingerprint density at radius 2 is 1.95 bits per heavy atom. The number of anilines is 1. The molecule has 0 heterocycles. The Bertz CT molecular complexity index is 652. The fourth-order valence-corrected chi connectivity index (χ4v) is 2.12. The van der Waals surface area contributed by atoms with Crippen LogP contribution in [0.5, 0.6) is 0 Å². The first-order chi connectivity index (χ1) is 9.54. The summed E-state index contributed by atoms with van der Waals surface area (Å²) in [4.78, 5) is 12.6. The molecule has 0 unspecified atom stereocenters. The van der Waals surface area contributed by atoms with Crippen molar-refractivity contribution in [3.63, 3.8) is 0 Å². The number of nitrogens with two attached hydrogens (primary N) is 1. The van der Waals surface area contributed by atoms with Gasteiger partial charge in [0.25, 0.3) is 5.91 Å². The minimum atomic E-state index is -0.139. The monoisotopic (exact) mass is 284 g/mol. The van der Waals surface area contributed by atoms with E-state index in [0.29, 0.717) is 17.0 Å². The number of rotatable bonds is 4. The molecule has 0 spiro atoms. The molecular formula is C16H16N2OS. The number of hydrogen-bond donors (Lipinski definition) is 2. The van der Waals surface area contributed by atoms with Gasteiger partial charge in [-0.3, -0.25) is 4.79 Å². The van der Waals surface area contributed by atoms with Crippen LogP contribution >= 0.6 is 12.2 Å². The number of carbonyl (C=O) groups excluding carboxylic acids is 1. The minimum Gasteiger partial charge on any atom is -0.393 e. The smallest absolute Gasteiger partial charge is 0.255 e. The number of carbonyl (C=O) groups is 1. The Balaban J connectivity index is 2.15. The average Bonchev–Trinajstić information content (AvgIpc) is 2.38. The minimum absolute atomic E-state index is 0.139. The molecule has 0 saturated heterocycles. The molecule has 0 radical (unpaired) electrons. The molecule has 2 aromatic carbocycles. The summed E-state index contributed by atoms with van der Waals surface area (Å²) < 4.78 is 0. The van der Waals surface area contributed by atoms with Gasteiger partial charge in [-0.05, 0) is 42.3 Å². The molecular weight excluding hydrogens is 268 g/mol. The molecule has 0 fully saturated rings. The molecule has 0 bridgehead atoms. The highest BCUT2D eigenvalue weighted by molar-refractivity contribution is 7.80. The third-order valence-corrected chi connectivity index (χ3v) is 2.99. The summed E-state index contributed by atoms with van der Waals surface area (Å²) in [6.07, 6.45) is 0.501. The number of aryl methyl sites for hydroxylation is 1. The van der Waals surface area contributed by atoms with Crippen LogP contribution < -0.4 is 11.1 Å². The Morgan fingerprint density at radius 1 is 1.20 bits per heavy atom. The summed E-state index contributed by atoms with van der Waals surface area (Å²) in [5.74, 6) is -0.139. The zero-order valence-electron chi connectivity index (χ0n) is 11.2. The molecule has 3 nitrogen and oxygen atoms in total. The van der Waals surface area contributed by atoms with Gasteiger partial charge >= 0.3 is 0 Å². The van der Waals surface area contributed by atoms with E-state index in [1.54, 1.807) is 6.07 Å². The lowest BCUT2D eigenvalue weighted by Gasteiger charge is -2.07. The summed E-state index contributed by atoms with van der Waals surface area (Å²) in [6, 6.07) is 15.0. The van der Waals surface area contributed by atoms with Crippen molar-refractivity contribution in [3.05, 3.63) is 65.2 Å². The molecule has 0 atom stereocenters. The van der Waals surface area contributed by atoms with Crippen LogP contribution in [0.15, 0.2) is 48.5 Å². The molecule has 2 aromatic rings. The highest BCUT2D eigenvalue weighted by atomic mass is 32.1. The zero-order chi connectivity index (χ0) is 14.5. The average molecular weight is 284 g/mol. The van der Waals surface area contributed by atoms with E-state index in [4.69, 9.17) is 18.0 Å². The molecule has 0 aliphatic heterocycles. The third kappa shape index (κ3) is 3.90. The van der Waals surface area contributed by atoms with Gasteiger partial charge in [0, 0.05) is 17.7 Å². The number of amides is 1. The van der Waals surface area contributed by atoms with Crippen molar-refractivity contribution in [2.45, 2.75) is 13.3 Å². The maximum Gasteiger partial charge on any atom is 0.255 e. The Morgan fingerprint density at radius 3 is 2.65 bits per heavy atom. The van der Waals surface area contributed by atoms with Crippen LogP contribution in [0, 0.1) is 6.92 Å². The van der Waals surface area contributed by atoms with Crippen molar-refractivity contribution >= 4 is 28.8 Å². The van der Waals surface area contributed by atoms with Gasteiger partial charge in [0.2, 0.25) is 0 Å². The van der Waals surface area contributed by atoms with E-state index >= 15 is 0 Å². The van der Waals surface area contributed by atoms with Gasteiger partial charge in [-0.2, -0.15) is 0 Å². The van der Waals surface area contributed by atoms with Gasteiger partial charge in [0.15, 0.2) is 0 Å². The Labute approximate surface area is 123 Å². The lowest BCUT2D eigenvalue weighted by molar-refractivity contribution is 0.102. The molecule has 0 aromatic heterocycles. The molecule has 2 rings (SSSR count). The first-order valence-corrected chi connectivity index (χ1v) is 6.71. The standard InChI is InChI=1S/C16H16N2OS/c1-11-4-2-7-14(8-11)18-16(19)13-6-3-5-12(9-13)10-15(17)20/h2-9H,10H2,1H3,(H2,17,20)(H,18,19). The van der Waals surface area contributed by atoms with Crippen molar-refractivity contribution in [2.24, 2.45) is 5.73 Å². The number of thiocarbonyl (C=S) groups is 1.